The minimum Gasteiger partial charge on any atom is -0.496 e. The molecule has 1 amide bonds. The van der Waals surface area contributed by atoms with Crippen LogP contribution in [0.3, 0.4) is 0 Å². The fraction of sp³-hybridized carbons (Fsp3) is 0.368. The lowest BCUT2D eigenvalue weighted by atomic mass is 10.0. The van der Waals surface area contributed by atoms with E-state index in [0.29, 0.717) is 12.3 Å². The van der Waals surface area contributed by atoms with Gasteiger partial charge in [-0.3, -0.25) is 9.78 Å². The third kappa shape index (κ3) is 2.58. The maximum atomic E-state index is 12.3. The van der Waals surface area contributed by atoms with Crippen LogP contribution in [0.15, 0.2) is 30.5 Å². The summed E-state index contributed by atoms with van der Waals surface area (Å²) >= 11 is 0. The van der Waals surface area contributed by atoms with Crippen molar-refractivity contribution in [2.75, 3.05) is 18.6 Å². The van der Waals surface area contributed by atoms with Crippen LogP contribution in [0.2, 0.25) is 0 Å². The molecular weight excluding hydrogens is 288 g/mol. The Kier molecular flexibility index (Phi) is 3.33. The Balaban J connectivity index is 1.75. The molecule has 0 unspecified atom stereocenters. The minimum atomic E-state index is 0.174. The van der Waals surface area contributed by atoms with E-state index < -0.39 is 0 Å². The summed E-state index contributed by atoms with van der Waals surface area (Å²) in [6, 6.07) is 8.23. The number of rotatable bonds is 4. The monoisotopic (exact) mass is 308 g/mol. The van der Waals surface area contributed by atoms with Gasteiger partial charge in [-0.25, -0.2) is 0 Å². The quantitative estimate of drug-likeness (QED) is 0.869. The molecule has 2 aliphatic rings. The Morgan fingerprint density at radius 3 is 2.87 bits per heavy atom. The third-order valence-corrected chi connectivity index (χ3v) is 4.66. The van der Waals surface area contributed by atoms with Gasteiger partial charge in [-0.15, -0.1) is 0 Å². The van der Waals surface area contributed by atoms with Crippen molar-refractivity contribution in [2.24, 2.45) is 5.92 Å². The van der Waals surface area contributed by atoms with E-state index in [1.165, 1.54) is 12.8 Å². The van der Waals surface area contributed by atoms with Crippen LogP contribution >= 0.6 is 0 Å². The first-order valence-electron chi connectivity index (χ1n) is 8.10. The van der Waals surface area contributed by atoms with E-state index in [9.17, 15) is 4.79 Å². The summed E-state index contributed by atoms with van der Waals surface area (Å²) in [5.74, 6) is 1.68. The topological polar surface area (TPSA) is 42.4 Å². The molecule has 4 rings (SSSR count). The molecule has 0 spiro atoms. The molecule has 1 saturated carbocycles. The van der Waals surface area contributed by atoms with Crippen LogP contribution in [0, 0.1) is 12.8 Å². The molecule has 0 radical (unpaired) electrons. The SMILES string of the molecule is COc1cc(C)ccc1-c1cnc2c(c1)N(CC1CC1)C(=O)C2. The number of hydrogen-bond donors (Lipinski definition) is 0. The average molecular weight is 308 g/mol. The predicted molar refractivity (Wildman–Crippen MR) is 89.7 cm³/mol. The van der Waals surface area contributed by atoms with E-state index in [1.54, 1.807) is 7.11 Å². The third-order valence-electron chi connectivity index (χ3n) is 4.66. The summed E-state index contributed by atoms with van der Waals surface area (Å²) in [7, 11) is 1.68. The number of carbonyl (C=O) groups excluding carboxylic acids is 1. The first kappa shape index (κ1) is 14.2. The van der Waals surface area contributed by atoms with E-state index >= 15 is 0 Å². The van der Waals surface area contributed by atoms with Crippen LogP contribution in [0.4, 0.5) is 5.69 Å². The number of fused-ring (bicyclic) bond motifs is 1. The number of aryl methyl sites for hydroxylation is 1. The van der Waals surface area contributed by atoms with E-state index in [1.807, 2.05) is 24.1 Å². The van der Waals surface area contributed by atoms with Crippen LogP contribution in [-0.4, -0.2) is 24.5 Å². The van der Waals surface area contributed by atoms with Crippen molar-refractivity contribution >= 4 is 11.6 Å². The second-order valence-electron chi connectivity index (χ2n) is 6.52. The smallest absolute Gasteiger partial charge is 0.233 e. The zero-order valence-corrected chi connectivity index (χ0v) is 13.5. The van der Waals surface area contributed by atoms with Gasteiger partial charge in [0.05, 0.1) is 24.9 Å². The van der Waals surface area contributed by atoms with Crippen molar-refractivity contribution in [3.05, 3.63) is 41.7 Å². The van der Waals surface area contributed by atoms with Crippen molar-refractivity contribution < 1.29 is 9.53 Å². The number of amides is 1. The van der Waals surface area contributed by atoms with Gasteiger partial charge in [0, 0.05) is 23.9 Å². The summed E-state index contributed by atoms with van der Waals surface area (Å²) in [6.07, 6.45) is 4.74. The Hall–Kier alpha value is -2.36. The minimum absolute atomic E-state index is 0.174. The molecule has 23 heavy (non-hydrogen) atoms. The normalized spacial score (nSPS) is 16.6. The fourth-order valence-corrected chi connectivity index (χ4v) is 3.17. The van der Waals surface area contributed by atoms with Crippen molar-refractivity contribution in [3.8, 4) is 16.9 Å². The number of pyridine rings is 1. The molecule has 4 heteroatoms. The van der Waals surface area contributed by atoms with Crippen molar-refractivity contribution in [2.45, 2.75) is 26.2 Å². The molecule has 2 heterocycles. The standard InChI is InChI=1S/C19H20N2O2/c1-12-3-6-15(18(7-12)23-2)14-8-17-16(20-10-14)9-19(22)21(17)11-13-4-5-13/h3,6-8,10,13H,4-5,9,11H2,1-2H3. The van der Waals surface area contributed by atoms with Gasteiger partial charge in [-0.2, -0.15) is 0 Å². The lowest BCUT2D eigenvalue weighted by molar-refractivity contribution is -0.117. The predicted octanol–water partition coefficient (Wildman–Crippen LogP) is 3.36. The molecule has 2 aromatic rings. The summed E-state index contributed by atoms with van der Waals surface area (Å²) in [5, 5.41) is 0. The highest BCUT2D eigenvalue weighted by Crippen LogP contribution is 2.38. The molecule has 0 saturated heterocycles. The van der Waals surface area contributed by atoms with Crippen LogP contribution in [0.5, 0.6) is 5.75 Å². The van der Waals surface area contributed by atoms with Gasteiger partial charge in [0.2, 0.25) is 5.91 Å². The highest BCUT2D eigenvalue weighted by Gasteiger charge is 2.33. The first-order chi connectivity index (χ1) is 11.2. The average Bonchev–Trinajstić information content (AvgIpc) is 3.31. The zero-order valence-electron chi connectivity index (χ0n) is 13.5. The molecule has 0 bridgehead atoms. The van der Waals surface area contributed by atoms with Crippen molar-refractivity contribution in [1.82, 2.24) is 4.98 Å². The lowest BCUT2D eigenvalue weighted by Crippen LogP contribution is -2.28. The van der Waals surface area contributed by atoms with Crippen LogP contribution in [0.25, 0.3) is 11.1 Å². The number of anilines is 1. The number of carbonyl (C=O) groups is 1. The van der Waals surface area contributed by atoms with E-state index in [2.05, 4.69) is 23.2 Å². The highest BCUT2D eigenvalue weighted by atomic mass is 16.5. The van der Waals surface area contributed by atoms with Crippen molar-refractivity contribution in [3.63, 3.8) is 0 Å². The fourth-order valence-electron chi connectivity index (χ4n) is 3.17. The van der Waals surface area contributed by atoms with Gasteiger partial charge in [0.25, 0.3) is 0 Å². The number of aromatic nitrogens is 1. The summed E-state index contributed by atoms with van der Waals surface area (Å²) in [6.45, 7) is 2.88. The van der Waals surface area contributed by atoms with Crippen molar-refractivity contribution in [1.29, 1.82) is 0 Å². The lowest BCUT2D eigenvalue weighted by Gasteiger charge is -2.18. The van der Waals surface area contributed by atoms with Gasteiger partial charge in [-0.05, 0) is 43.4 Å². The number of methoxy groups -OCH3 is 1. The zero-order chi connectivity index (χ0) is 16.0. The second kappa shape index (κ2) is 5.37. The van der Waals surface area contributed by atoms with Gasteiger partial charge in [0.15, 0.2) is 0 Å². The molecule has 1 aliphatic heterocycles. The number of hydrogen-bond acceptors (Lipinski definition) is 3. The van der Waals surface area contributed by atoms with Crippen LogP contribution in [-0.2, 0) is 11.2 Å². The summed E-state index contributed by atoms with van der Waals surface area (Å²) < 4.78 is 5.51. The molecule has 0 N–H and O–H groups in total. The van der Waals surface area contributed by atoms with E-state index in [0.717, 1.165) is 40.4 Å². The van der Waals surface area contributed by atoms with Crippen LogP contribution < -0.4 is 9.64 Å². The largest absolute Gasteiger partial charge is 0.496 e. The molecule has 118 valence electrons. The number of nitrogens with zero attached hydrogens (tertiary/aromatic N) is 2. The van der Waals surface area contributed by atoms with Gasteiger partial charge >= 0.3 is 0 Å². The second-order valence-corrected chi connectivity index (χ2v) is 6.52. The Morgan fingerprint density at radius 1 is 1.30 bits per heavy atom. The summed E-state index contributed by atoms with van der Waals surface area (Å²) in [4.78, 5) is 18.7. The Morgan fingerprint density at radius 2 is 2.13 bits per heavy atom. The Bertz CT molecular complexity index is 781. The maximum Gasteiger partial charge on any atom is 0.233 e. The summed E-state index contributed by atoms with van der Waals surface area (Å²) in [5.41, 5.74) is 5.04. The molecule has 4 nitrogen and oxygen atoms in total. The maximum absolute atomic E-state index is 12.3. The number of ether oxygens (including phenoxy) is 1. The van der Waals surface area contributed by atoms with Crippen LogP contribution in [0.1, 0.15) is 24.1 Å². The number of benzene rings is 1. The molecule has 0 atom stereocenters. The van der Waals surface area contributed by atoms with E-state index in [4.69, 9.17) is 4.74 Å². The van der Waals surface area contributed by atoms with Gasteiger partial charge in [-0.1, -0.05) is 12.1 Å². The molecule has 1 aliphatic carbocycles. The Labute approximate surface area is 136 Å². The molecular formula is C19H20N2O2. The molecule has 1 aromatic carbocycles. The van der Waals surface area contributed by atoms with E-state index in [-0.39, 0.29) is 5.91 Å². The molecule has 1 fully saturated rings. The highest BCUT2D eigenvalue weighted by molar-refractivity contribution is 6.01. The first-order valence-corrected chi connectivity index (χ1v) is 8.10. The van der Waals surface area contributed by atoms with Gasteiger partial charge < -0.3 is 9.64 Å². The molecule has 1 aromatic heterocycles. The van der Waals surface area contributed by atoms with Gasteiger partial charge in [0.1, 0.15) is 5.75 Å².